The number of ether oxygens (including phenoxy) is 2. The number of nitrogens with zero attached hydrogens (tertiary/aromatic N) is 3. The first-order chi connectivity index (χ1) is 12.1. The maximum absolute atomic E-state index is 11.1. The van der Waals surface area contributed by atoms with E-state index < -0.39 is 5.60 Å². The Hall–Kier alpha value is -2.54. The van der Waals surface area contributed by atoms with Gasteiger partial charge in [-0.05, 0) is 37.5 Å². The van der Waals surface area contributed by atoms with E-state index in [9.17, 15) is 5.11 Å². The Morgan fingerprint density at radius 1 is 1.12 bits per heavy atom. The van der Waals surface area contributed by atoms with Gasteiger partial charge in [-0.15, -0.1) is 0 Å². The van der Waals surface area contributed by atoms with Crippen LogP contribution in [0.25, 0.3) is 0 Å². The molecule has 1 fully saturated rings. The molecule has 0 unspecified atom stereocenters. The van der Waals surface area contributed by atoms with E-state index in [-0.39, 0.29) is 6.79 Å². The fraction of sp³-hybridized carbons (Fsp3) is 0.444. The maximum atomic E-state index is 11.1. The van der Waals surface area contributed by atoms with E-state index in [0.29, 0.717) is 24.5 Å². The molecule has 2 aliphatic heterocycles. The number of nitrogens with one attached hydrogen (secondary N) is 1. The maximum Gasteiger partial charge on any atom is 0.231 e. The number of anilines is 2. The number of rotatable bonds is 3. The molecule has 25 heavy (non-hydrogen) atoms. The van der Waals surface area contributed by atoms with Crippen LogP contribution in [-0.4, -0.2) is 42.0 Å². The van der Waals surface area contributed by atoms with Crippen LogP contribution in [0, 0.1) is 6.92 Å². The number of aliphatic hydroxyl groups is 1. The van der Waals surface area contributed by atoms with Gasteiger partial charge in [0.25, 0.3) is 0 Å². The van der Waals surface area contributed by atoms with Crippen LogP contribution in [0.4, 0.5) is 11.8 Å². The molecule has 0 bridgehead atoms. The van der Waals surface area contributed by atoms with Gasteiger partial charge in [0.2, 0.25) is 12.7 Å². The fourth-order valence-corrected chi connectivity index (χ4v) is 3.41. The van der Waals surface area contributed by atoms with Crippen LogP contribution >= 0.6 is 0 Å². The van der Waals surface area contributed by atoms with Gasteiger partial charge in [-0.1, -0.05) is 6.07 Å². The van der Waals surface area contributed by atoms with E-state index in [4.69, 9.17) is 9.47 Å². The van der Waals surface area contributed by atoms with Crippen molar-refractivity contribution in [1.82, 2.24) is 9.97 Å². The minimum atomic E-state index is -0.856. The lowest BCUT2D eigenvalue weighted by molar-refractivity contribution is 0.0115. The van der Waals surface area contributed by atoms with E-state index >= 15 is 0 Å². The van der Waals surface area contributed by atoms with Crippen molar-refractivity contribution in [3.63, 3.8) is 0 Å². The van der Waals surface area contributed by atoms with Crippen LogP contribution in [0.2, 0.25) is 0 Å². The first kappa shape index (κ1) is 16.0. The summed E-state index contributed by atoms with van der Waals surface area (Å²) >= 11 is 0. The van der Waals surface area contributed by atoms with Crippen LogP contribution in [0.1, 0.15) is 24.1 Å². The van der Waals surface area contributed by atoms with Crippen molar-refractivity contribution in [1.29, 1.82) is 0 Å². The molecule has 1 aromatic heterocycles. The number of piperidine rings is 1. The topological polar surface area (TPSA) is 79.7 Å². The highest BCUT2D eigenvalue weighted by atomic mass is 16.7. The summed E-state index contributed by atoms with van der Waals surface area (Å²) in [6.07, 6.45) is 1.26. The third-order valence-corrected chi connectivity index (χ3v) is 4.89. The quantitative estimate of drug-likeness (QED) is 0.883. The van der Waals surface area contributed by atoms with Gasteiger partial charge in [-0.2, -0.15) is 4.98 Å². The van der Waals surface area contributed by atoms with Gasteiger partial charge in [0.15, 0.2) is 11.5 Å². The fourth-order valence-electron chi connectivity index (χ4n) is 3.41. The summed E-state index contributed by atoms with van der Waals surface area (Å²) in [7, 11) is 1.81. The van der Waals surface area contributed by atoms with Crippen LogP contribution < -0.4 is 19.7 Å². The minimum Gasteiger partial charge on any atom is -0.454 e. The standard InChI is InChI=1S/C18H22N4O3/c1-12-9-16(21-17(19-2)20-12)22-7-5-18(23,6-8-22)13-3-4-14-15(10-13)25-11-24-14/h3-4,9-10,23H,5-8,11H2,1-2H3,(H,19,20,21). The first-order valence-corrected chi connectivity index (χ1v) is 8.48. The second-order valence-electron chi connectivity index (χ2n) is 6.53. The molecule has 4 rings (SSSR count). The third-order valence-electron chi connectivity index (χ3n) is 4.89. The number of benzene rings is 1. The van der Waals surface area contributed by atoms with Crippen molar-refractivity contribution in [3.8, 4) is 11.5 Å². The SMILES string of the molecule is CNc1nc(C)cc(N2CCC(O)(c3ccc4c(c3)OCO4)CC2)n1. The van der Waals surface area contributed by atoms with E-state index in [1.54, 1.807) is 0 Å². The number of fused-ring (bicyclic) bond motifs is 1. The van der Waals surface area contributed by atoms with E-state index in [0.717, 1.165) is 35.9 Å². The highest BCUT2D eigenvalue weighted by Crippen LogP contribution is 2.40. The predicted molar refractivity (Wildman–Crippen MR) is 94.2 cm³/mol. The molecule has 7 nitrogen and oxygen atoms in total. The molecule has 0 spiro atoms. The van der Waals surface area contributed by atoms with Crippen molar-refractivity contribution in [3.05, 3.63) is 35.5 Å². The molecule has 0 atom stereocenters. The van der Waals surface area contributed by atoms with Gasteiger partial charge in [-0.25, -0.2) is 4.98 Å². The first-order valence-electron chi connectivity index (χ1n) is 8.48. The van der Waals surface area contributed by atoms with Crippen LogP contribution in [0.5, 0.6) is 11.5 Å². The smallest absolute Gasteiger partial charge is 0.231 e. The summed E-state index contributed by atoms with van der Waals surface area (Å²) in [6.45, 7) is 3.65. The predicted octanol–water partition coefficient (Wildman–Crippen LogP) is 2.04. The lowest BCUT2D eigenvalue weighted by atomic mass is 9.84. The molecule has 0 saturated carbocycles. The van der Waals surface area contributed by atoms with Gasteiger partial charge in [0.05, 0.1) is 5.60 Å². The average molecular weight is 342 g/mol. The molecular formula is C18H22N4O3. The van der Waals surface area contributed by atoms with Gasteiger partial charge < -0.3 is 24.8 Å². The summed E-state index contributed by atoms with van der Waals surface area (Å²) in [4.78, 5) is 11.1. The number of hydrogen-bond acceptors (Lipinski definition) is 7. The third kappa shape index (κ3) is 2.95. The average Bonchev–Trinajstić information content (AvgIpc) is 3.09. The largest absolute Gasteiger partial charge is 0.454 e. The highest BCUT2D eigenvalue weighted by molar-refractivity contribution is 5.48. The molecule has 1 aromatic carbocycles. The molecule has 3 heterocycles. The Bertz CT molecular complexity index is 788. The van der Waals surface area contributed by atoms with E-state index in [2.05, 4.69) is 20.2 Å². The van der Waals surface area contributed by atoms with Gasteiger partial charge in [0.1, 0.15) is 5.82 Å². The lowest BCUT2D eigenvalue weighted by Gasteiger charge is -2.39. The van der Waals surface area contributed by atoms with Crippen molar-refractivity contribution < 1.29 is 14.6 Å². The van der Waals surface area contributed by atoms with Gasteiger partial charge in [0, 0.05) is 31.9 Å². The zero-order valence-electron chi connectivity index (χ0n) is 14.5. The molecule has 2 N–H and O–H groups in total. The second-order valence-corrected chi connectivity index (χ2v) is 6.53. The summed E-state index contributed by atoms with van der Waals surface area (Å²) < 4.78 is 10.8. The monoisotopic (exact) mass is 342 g/mol. The normalized spacial score (nSPS) is 18.3. The molecule has 0 amide bonds. The number of aromatic nitrogens is 2. The molecule has 0 aliphatic carbocycles. The Balaban J connectivity index is 1.52. The lowest BCUT2D eigenvalue weighted by Crippen LogP contribution is -2.43. The molecule has 132 valence electrons. The Morgan fingerprint density at radius 3 is 2.64 bits per heavy atom. The van der Waals surface area contributed by atoms with E-state index in [1.807, 2.05) is 38.2 Å². The molecule has 2 aromatic rings. The Kier molecular flexibility index (Phi) is 3.88. The zero-order valence-corrected chi connectivity index (χ0v) is 14.5. The Morgan fingerprint density at radius 2 is 1.88 bits per heavy atom. The molecule has 2 aliphatic rings. The zero-order chi connectivity index (χ0) is 17.4. The summed E-state index contributed by atoms with van der Waals surface area (Å²) in [6, 6.07) is 7.67. The number of aryl methyl sites for hydroxylation is 1. The van der Waals surface area contributed by atoms with Gasteiger partial charge >= 0.3 is 0 Å². The summed E-state index contributed by atoms with van der Waals surface area (Å²) in [5, 5.41) is 14.1. The summed E-state index contributed by atoms with van der Waals surface area (Å²) in [5.41, 5.74) is 0.947. The van der Waals surface area contributed by atoms with Crippen molar-refractivity contribution >= 4 is 11.8 Å². The summed E-state index contributed by atoms with van der Waals surface area (Å²) in [5.74, 6) is 2.95. The molecular weight excluding hydrogens is 320 g/mol. The second kappa shape index (κ2) is 6.07. The molecule has 1 saturated heterocycles. The van der Waals surface area contributed by atoms with Crippen molar-refractivity contribution in [2.24, 2.45) is 0 Å². The molecule has 0 radical (unpaired) electrons. The number of hydrogen-bond donors (Lipinski definition) is 2. The van der Waals surface area contributed by atoms with Crippen molar-refractivity contribution in [2.45, 2.75) is 25.4 Å². The Labute approximate surface area is 146 Å². The minimum absolute atomic E-state index is 0.242. The van der Waals surface area contributed by atoms with Crippen molar-refractivity contribution in [2.75, 3.05) is 37.1 Å². The highest BCUT2D eigenvalue weighted by Gasteiger charge is 2.35. The van der Waals surface area contributed by atoms with Crippen LogP contribution in [0.15, 0.2) is 24.3 Å². The van der Waals surface area contributed by atoms with E-state index in [1.165, 1.54) is 0 Å². The van der Waals surface area contributed by atoms with Crippen LogP contribution in [-0.2, 0) is 5.60 Å². The van der Waals surface area contributed by atoms with Gasteiger partial charge in [-0.3, -0.25) is 0 Å². The molecule has 7 heteroatoms. The van der Waals surface area contributed by atoms with Crippen LogP contribution in [0.3, 0.4) is 0 Å².